The lowest BCUT2D eigenvalue weighted by atomic mass is 9.90. The molecule has 1 rings (SSSR count). The van der Waals surface area contributed by atoms with Gasteiger partial charge in [-0.15, -0.1) is 0 Å². The number of hydrogen-bond donors (Lipinski definition) is 2. The summed E-state index contributed by atoms with van der Waals surface area (Å²) in [6.45, 7) is 4.01. The lowest BCUT2D eigenvalue weighted by Crippen LogP contribution is -2.25. The predicted octanol–water partition coefficient (Wildman–Crippen LogP) is 8.12. The fourth-order valence-corrected chi connectivity index (χ4v) is 5.31. The number of rotatable bonds is 28. The minimum absolute atomic E-state index is 0.0736. The Balaban J connectivity index is 2.06. The standard InChI is InChI=1S/C37H62O7/c1-3-5-7-8-9-10-11-12-13-14-19-23-36(41)43-29-33(39)30-44-37(42)24-20-16-15-18-21-31-25-28-35(40)34(31)27-26-32(38)22-17-6-4-2/h15,18,25-28,31-34,38-39H,3-14,16-17,19-24,29-30H2,1-2H3/b18-15-,27-26+/t31-,32-,33-,34+/m0/s1. The summed E-state index contributed by atoms with van der Waals surface area (Å²) in [6, 6.07) is 0. The molecular formula is C37H62O7. The van der Waals surface area contributed by atoms with Crippen LogP contribution in [0, 0.1) is 11.8 Å². The summed E-state index contributed by atoms with van der Waals surface area (Å²) in [5, 5.41) is 20.1. The van der Waals surface area contributed by atoms with Crippen molar-refractivity contribution in [3.8, 4) is 0 Å². The first-order chi connectivity index (χ1) is 21.4. The summed E-state index contributed by atoms with van der Waals surface area (Å²) >= 11 is 0. The zero-order valence-electron chi connectivity index (χ0n) is 27.8. The number of ether oxygens (including phenoxy) is 2. The third-order valence-corrected chi connectivity index (χ3v) is 8.13. The molecule has 0 radical (unpaired) electrons. The Morgan fingerprint density at radius 1 is 0.773 bits per heavy atom. The second-order valence-corrected chi connectivity index (χ2v) is 12.3. The number of esters is 2. The molecule has 0 aliphatic heterocycles. The Labute approximate surface area is 267 Å². The van der Waals surface area contributed by atoms with Gasteiger partial charge in [0, 0.05) is 18.8 Å². The zero-order chi connectivity index (χ0) is 32.3. The van der Waals surface area contributed by atoms with E-state index in [-0.39, 0.29) is 43.2 Å². The molecule has 0 aromatic rings. The molecule has 0 saturated carbocycles. The Morgan fingerprint density at radius 2 is 1.32 bits per heavy atom. The van der Waals surface area contributed by atoms with E-state index >= 15 is 0 Å². The molecule has 1 aliphatic carbocycles. The molecule has 7 nitrogen and oxygen atoms in total. The highest BCUT2D eigenvalue weighted by atomic mass is 16.6. The molecule has 7 heteroatoms. The van der Waals surface area contributed by atoms with E-state index in [1.807, 2.05) is 24.3 Å². The molecular weight excluding hydrogens is 556 g/mol. The lowest BCUT2D eigenvalue weighted by Gasteiger charge is -2.13. The monoisotopic (exact) mass is 618 g/mol. The highest BCUT2D eigenvalue weighted by Crippen LogP contribution is 2.27. The van der Waals surface area contributed by atoms with Crippen molar-refractivity contribution in [1.29, 1.82) is 0 Å². The molecule has 0 aromatic carbocycles. The van der Waals surface area contributed by atoms with Crippen molar-refractivity contribution in [3.63, 3.8) is 0 Å². The van der Waals surface area contributed by atoms with Crippen LogP contribution >= 0.6 is 0 Å². The van der Waals surface area contributed by atoms with E-state index < -0.39 is 18.2 Å². The van der Waals surface area contributed by atoms with Gasteiger partial charge in [-0.3, -0.25) is 14.4 Å². The molecule has 252 valence electrons. The van der Waals surface area contributed by atoms with Crippen LogP contribution in [0.2, 0.25) is 0 Å². The van der Waals surface area contributed by atoms with E-state index in [1.54, 1.807) is 12.2 Å². The summed E-state index contributed by atoms with van der Waals surface area (Å²) < 4.78 is 10.2. The maximum absolute atomic E-state index is 12.2. The van der Waals surface area contributed by atoms with Gasteiger partial charge in [0.25, 0.3) is 0 Å². The van der Waals surface area contributed by atoms with Gasteiger partial charge in [-0.05, 0) is 44.1 Å². The van der Waals surface area contributed by atoms with Crippen LogP contribution in [0.4, 0.5) is 0 Å². The van der Waals surface area contributed by atoms with Gasteiger partial charge in [0.15, 0.2) is 5.78 Å². The minimum Gasteiger partial charge on any atom is -0.463 e. The first-order valence-electron chi connectivity index (χ1n) is 17.6. The molecule has 44 heavy (non-hydrogen) atoms. The highest BCUT2D eigenvalue weighted by Gasteiger charge is 2.26. The first kappa shape index (κ1) is 39.8. The zero-order valence-corrected chi connectivity index (χ0v) is 27.8. The van der Waals surface area contributed by atoms with Crippen LogP contribution in [0.15, 0.2) is 36.5 Å². The molecule has 0 amide bonds. The fraction of sp³-hybridized carbons (Fsp3) is 0.757. The summed E-state index contributed by atoms with van der Waals surface area (Å²) in [5.74, 6) is -0.789. The highest BCUT2D eigenvalue weighted by molar-refractivity contribution is 5.95. The van der Waals surface area contributed by atoms with Crippen LogP contribution in [-0.2, 0) is 23.9 Å². The second kappa shape index (κ2) is 27.1. The third kappa shape index (κ3) is 21.5. The number of aliphatic hydroxyl groups is 2. The number of aliphatic hydroxyl groups excluding tert-OH is 2. The smallest absolute Gasteiger partial charge is 0.305 e. The average Bonchev–Trinajstić information content (AvgIpc) is 3.37. The number of unbranched alkanes of at least 4 members (excludes halogenated alkanes) is 13. The molecule has 4 atom stereocenters. The van der Waals surface area contributed by atoms with Gasteiger partial charge >= 0.3 is 11.9 Å². The van der Waals surface area contributed by atoms with Crippen LogP contribution in [0.1, 0.15) is 142 Å². The van der Waals surface area contributed by atoms with Gasteiger partial charge in [0.1, 0.15) is 19.3 Å². The maximum Gasteiger partial charge on any atom is 0.305 e. The first-order valence-corrected chi connectivity index (χ1v) is 17.6. The van der Waals surface area contributed by atoms with E-state index in [2.05, 4.69) is 13.8 Å². The molecule has 2 N–H and O–H groups in total. The van der Waals surface area contributed by atoms with Crippen LogP contribution < -0.4 is 0 Å². The molecule has 0 spiro atoms. The maximum atomic E-state index is 12.2. The Morgan fingerprint density at radius 3 is 1.93 bits per heavy atom. The summed E-state index contributed by atoms with van der Waals surface area (Å²) in [7, 11) is 0. The lowest BCUT2D eigenvalue weighted by molar-refractivity contribution is -0.152. The van der Waals surface area contributed by atoms with Gasteiger partial charge in [-0.2, -0.15) is 0 Å². The summed E-state index contributed by atoms with van der Waals surface area (Å²) in [4.78, 5) is 36.2. The van der Waals surface area contributed by atoms with Crippen molar-refractivity contribution in [2.45, 2.75) is 154 Å². The van der Waals surface area contributed by atoms with E-state index in [0.717, 1.165) is 51.4 Å². The molecule has 0 heterocycles. The Kier molecular flexibility index (Phi) is 24.5. The Hall–Kier alpha value is -2.25. The summed E-state index contributed by atoms with van der Waals surface area (Å²) in [5.41, 5.74) is 0. The number of carbonyl (C=O) groups excluding carboxylic acids is 3. The number of allylic oxidation sites excluding steroid dienone is 5. The van der Waals surface area contributed by atoms with Crippen molar-refractivity contribution >= 4 is 17.7 Å². The number of ketones is 1. The normalized spacial score (nSPS) is 18.0. The van der Waals surface area contributed by atoms with Gasteiger partial charge in [0.05, 0.1) is 6.10 Å². The average molecular weight is 619 g/mol. The minimum atomic E-state index is -1.03. The van der Waals surface area contributed by atoms with Crippen molar-refractivity contribution < 1.29 is 34.1 Å². The van der Waals surface area contributed by atoms with Crippen LogP contribution in [0.3, 0.4) is 0 Å². The van der Waals surface area contributed by atoms with Gasteiger partial charge in [-0.25, -0.2) is 0 Å². The van der Waals surface area contributed by atoms with Crippen LogP contribution in [-0.4, -0.2) is 53.4 Å². The van der Waals surface area contributed by atoms with Crippen molar-refractivity contribution in [2.24, 2.45) is 11.8 Å². The van der Waals surface area contributed by atoms with Gasteiger partial charge in [0.2, 0.25) is 0 Å². The Bertz CT molecular complexity index is 847. The van der Waals surface area contributed by atoms with E-state index in [0.29, 0.717) is 19.3 Å². The van der Waals surface area contributed by atoms with Gasteiger partial charge < -0.3 is 19.7 Å². The molecule has 0 aromatic heterocycles. The quantitative estimate of drug-likeness (QED) is 0.0518. The largest absolute Gasteiger partial charge is 0.463 e. The van der Waals surface area contributed by atoms with Crippen LogP contribution in [0.25, 0.3) is 0 Å². The van der Waals surface area contributed by atoms with Crippen molar-refractivity contribution in [3.05, 3.63) is 36.5 Å². The molecule has 0 fully saturated rings. The van der Waals surface area contributed by atoms with E-state index in [1.165, 1.54) is 51.4 Å². The molecule has 0 bridgehead atoms. The third-order valence-electron chi connectivity index (χ3n) is 8.13. The molecule has 1 aliphatic rings. The molecule has 0 unspecified atom stereocenters. The van der Waals surface area contributed by atoms with Crippen LogP contribution in [0.5, 0.6) is 0 Å². The fourth-order valence-electron chi connectivity index (χ4n) is 5.31. The van der Waals surface area contributed by atoms with E-state index in [4.69, 9.17) is 9.47 Å². The van der Waals surface area contributed by atoms with Crippen molar-refractivity contribution in [1.82, 2.24) is 0 Å². The van der Waals surface area contributed by atoms with Gasteiger partial charge in [-0.1, -0.05) is 128 Å². The summed E-state index contributed by atoms with van der Waals surface area (Å²) in [6.07, 6.45) is 29.6. The van der Waals surface area contributed by atoms with E-state index in [9.17, 15) is 24.6 Å². The second-order valence-electron chi connectivity index (χ2n) is 12.3. The predicted molar refractivity (Wildman–Crippen MR) is 177 cm³/mol. The SMILES string of the molecule is CCCCCCCCCCCCCC(=O)OC[C@H](O)COC(=O)CCC/C=C\C[C@H]1C=CC(=O)[C@@H]1/C=C/[C@@H](O)CCCCC. The number of hydrogen-bond acceptors (Lipinski definition) is 7. The van der Waals surface area contributed by atoms with Crippen molar-refractivity contribution in [2.75, 3.05) is 13.2 Å². The topological polar surface area (TPSA) is 110 Å². The molecule has 0 saturated heterocycles. The number of carbonyl (C=O) groups is 3.